The lowest BCUT2D eigenvalue weighted by Crippen LogP contribution is -2.24. The Labute approximate surface area is 78.1 Å². The van der Waals surface area contributed by atoms with Gasteiger partial charge in [-0.1, -0.05) is 0 Å². The predicted molar refractivity (Wildman–Crippen MR) is 49.3 cm³/mol. The van der Waals surface area contributed by atoms with Crippen molar-refractivity contribution in [3.63, 3.8) is 0 Å². The Hall–Kier alpha value is -0.870. The zero-order valence-electron chi connectivity index (χ0n) is 8.32. The van der Waals surface area contributed by atoms with Gasteiger partial charge in [0.25, 0.3) is 0 Å². The summed E-state index contributed by atoms with van der Waals surface area (Å²) in [6, 6.07) is 1.82. The topological polar surface area (TPSA) is 47.3 Å². The standard InChI is InChI=1S/C9H16N2O2/c1-9(12,5-7-13-3)8-4-6-11(2)10-8/h4,6,12H,5,7H2,1-3H3. The van der Waals surface area contributed by atoms with Crippen LogP contribution in [0.1, 0.15) is 19.0 Å². The normalized spacial score (nSPS) is 15.7. The Morgan fingerprint density at radius 1 is 1.69 bits per heavy atom. The number of hydrogen-bond acceptors (Lipinski definition) is 3. The van der Waals surface area contributed by atoms with Gasteiger partial charge in [-0.2, -0.15) is 5.10 Å². The lowest BCUT2D eigenvalue weighted by Gasteiger charge is -2.20. The lowest BCUT2D eigenvalue weighted by molar-refractivity contribution is 0.0169. The van der Waals surface area contributed by atoms with Crippen LogP contribution in [-0.4, -0.2) is 28.6 Å². The van der Waals surface area contributed by atoms with Crippen molar-refractivity contribution >= 4 is 0 Å². The molecule has 4 heteroatoms. The van der Waals surface area contributed by atoms with E-state index in [1.165, 1.54) is 0 Å². The minimum atomic E-state index is -0.892. The average molecular weight is 184 g/mol. The van der Waals surface area contributed by atoms with Crippen molar-refractivity contribution in [3.05, 3.63) is 18.0 Å². The first-order valence-corrected chi connectivity index (χ1v) is 4.28. The van der Waals surface area contributed by atoms with Crippen molar-refractivity contribution < 1.29 is 9.84 Å². The van der Waals surface area contributed by atoms with Crippen molar-refractivity contribution in [1.29, 1.82) is 0 Å². The molecular weight excluding hydrogens is 168 g/mol. The van der Waals surface area contributed by atoms with Crippen LogP contribution >= 0.6 is 0 Å². The Morgan fingerprint density at radius 2 is 2.38 bits per heavy atom. The third-order valence-corrected chi connectivity index (χ3v) is 2.06. The molecule has 13 heavy (non-hydrogen) atoms. The molecular formula is C9H16N2O2. The van der Waals surface area contributed by atoms with E-state index >= 15 is 0 Å². The van der Waals surface area contributed by atoms with Gasteiger partial charge < -0.3 is 9.84 Å². The second-order valence-electron chi connectivity index (χ2n) is 3.39. The Balaban J connectivity index is 2.68. The summed E-state index contributed by atoms with van der Waals surface area (Å²) < 4.78 is 6.59. The molecule has 1 atom stereocenters. The van der Waals surface area contributed by atoms with Crippen molar-refractivity contribution in [2.24, 2.45) is 7.05 Å². The van der Waals surface area contributed by atoms with Gasteiger partial charge in [0.2, 0.25) is 0 Å². The quantitative estimate of drug-likeness (QED) is 0.748. The molecule has 0 fully saturated rings. The van der Waals surface area contributed by atoms with E-state index in [0.717, 1.165) is 0 Å². The van der Waals surface area contributed by atoms with E-state index in [1.54, 1.807) is 18.7 Å². The molecule has 0 aliphatic carbocycles. The number of hydrogen-bond donors (Lipinski definition) is 1. The summed E-state index contributed by atoms with van der Waals surface area (Å²) in [6.07, 6.45) is 2.37. The van der Waals surface area contributed by atoms with Gasteiger partial charge in [0.15, 0.2) is 0 Å². The van der Waals surface area contributed by atoms with Gasteiger partial charge in [-0.05, 0) is 13.0 Å². The molecule has 0 saturated carbocycles. The maximum absolute atomic E-state index is 9.97. The minimum Gasteiger partial charge on any atom is -0.385 e. The fourth-order valence-electron chi connectivity index (χ4n) is 1.13. The fourth-order valence-corrected chi connectivity index (χ4v) is 1.13. The van der Waals surface area contributed by atoms with Gasteiger partial charge in [0.1, 0.15) is 5.60 Å². The SMILES string of the molecule is COCCC(C)(O)c1ccn(C)n1. The van der Waals surface area contributed by atoms with Crippen LogP contribution in [0.15, 0.2) is 12.3 Å². The number of ether oxygens (including phenoxy) is 1. The van der Waals surface area contributed by atoms with E-state index in [2.05, 4.69) is 5.10 Å². The largest absolute Gasteiger partial charge is 0.385 e. The molecule has 1 aromatic heterocycles. The van der Waals surface area contributed by atoms with Crippen molar-refractivity contribution in [2.45, 2.75) is 18.9 Å². The molecule has 0 radical (unpaired) electrons. The summed E-state index contributed by atoms with van der Waals surface area (Å²) in [5.74, 6) is 0. The summed E-state index contributed by atoms with van der Waals surface area (Å²) >= 11 is 0. The van der Waals surface area contributed by atoms with Gasteiger partial charge >= 0.3 is 0 Å². The van der Waals surface area contributed by atoms with Crippen LogP contribution in [0, 0.1) is 0 Å². The minimum absolute atomic E-state index is 0.531. The smallest absolute Gasteiger partial charge is 0.108 e. The van der Waals surface area contributed by atoms with Crippen LogP contribution in [-0.2, 0) is 17.4 Å². The summed E-state index contributed by atoms with van der Waals surface area (Å²) in [6.45, 7) is 2.28. The van der Waals surface area contributed by atoms with Crippen molar-refractivity contribution in [3.8, 4) is 0 Å². The second-order valence-corrected chi connectivity index (χ2v) is 3.39. The summed E-state index contributed by atoms with van der Waals surface area (Å²) in [5, 5.41) is 14.1. The first kappa shape index (κ1) is 10.2. The summed E-state index contributed by atoms with van der Waals surface area (Å²) in [7, 11) is 3.45. The van der Waals surface area contributed by atoms with E-state index in [9.17, 15) is 5.11 Å². The molecule has 0 aliphatic rings. The predicted octanol–water partition coefficient (Wildman–Crippen LogP) is 0.664. The summed E-state index contributed by atoms with van der Waals surface area (Å²) in [5.41, 5.74) is -0.205. The Morgan fingerprint density at radius 3 is 2.85 bits per heavy atom. The number of aliphatic hydroxyl groups is 1. The molecule has 1 heterocycles. The highest BCUT2D eigenvalue weighted by atomic mass is 16.5. The summed E-state index contributed by atoms with van der Waals surface area (Å²) in [4.78, 5) is 0. The molecule has 0 spiro atoms. The third kappa shape index (κ3) is 2.54. The van der Waals surface area contributed by atoms with E-state index in [-0.39, 0.29) is 0 Å². The molecule has 0 saturated heterocycles. The number of nitrogens with zero attached hydrogens (tertiary/aromatic N) is 2. The highest BCUT2D eigenvalue weighted by Crippen LogP contribution is 2.21. The highest BCUT2D eigenvalue weighted by Gasteiger charge is 2.24. The molecule has 1 aromatic rings. The molecule has 4 nitrogen and oxygen atoms in total. The molecule has 1 unspecified atom stereocenters. The number of rotatable bonds is 4. The van der Waals surface area contributed by atoms with Gasteiger partial charge in [0.05, 0.1) is 5.69 Å². The van der Waals surface area contributed by atoms with Gasteiger partial charge in [-0.3, -0.25) is 4.68 Å². The monoisotopic (exact) mass is 184 g/mol. The van der Waals surface area contributed by atoms with Crippen LogP contribution in [0.4, 0.5) is 0 Å². The number of methoxy groups -OCH3 is 1. The van der Waals surface area contributed by atoms with Crippen LogP contribution in [0.5, 0.6) is 0 Å². The first-order chi connectivity index (χ1) is 6.06. The first-order valence-electron chi connectivity index (χ1n) is 4.28. The van der Waals surface area contributed by atoms with Crippen LogP contribution in [0.3, 0.4) is 0 Å². The van der Waals surface area contributed by atoms with E-state index in [4.69, 9.17) is 4.74 Å². The van der Waals surface area contributed by atoms with E-state index in [0.29, 0.717) is 18.7 Å². The van der Waals surface area contributed by atoms with Crippen LogP contribution in [0.2, 0.25) is 0 Å². The van der Waals surface area contributed by atoms with E-state index in [1.807, 2.05) is 19.3 Å². The second kappa shape index (κ2) is 3.89. The number of aryl methyl sites for hydroxylation is 1. The fraction of sp³-hybridized carbons (Fsp3) is 0.667. The van der Waals surface area contributed by atoms with Crippen molar-refractivity contribution in [2.75, 3.05) is 13.7 Å². The van der Waals surface area contributed by atoms with Gasteiger partial charge in [0, 0.05) is 33.4 Å². The highest BCUT2D eigenvalue weighted by molar-refractivity contribution is 5.08. The average Bonchev–Trinajstić information content (AvgIpc) is 2.49. The van der Waals surface area contributed by atoms with E-state index < -0.39 is 5.60 Å². The maximum atomic E-state index is 9.97. The van der Waals surface area contributed by atoms with Gasteiger partial charge in [-0.15, -0.1) is 0 Å². The molecule has 0 amide bonds. The van der Waals surface area contributed by atoms with Crippen LogP contribution in [0.25, 0.3) is 0 Å². The van der Waals surface area contributed by atoms with Gasteiger partial charge in [-0.25, -0.2) is 0 Å². The van der Waals surface area contributed by atoms with Crippen LogP contribution < -0.4 is 0 Å². The maximum Gasteiger partial charge on any atom is 0.108 e. The Bertz CT molecular complexity index is 268. The Kier molecular flexibility index (Phi) is 3.06. The zero-order chi connectivity index (χ0) is 9.90. The third-order valence-electron chi connectivity index (χ3n) is 2.06. The molecule has 74 valence electrons. The molecule has 1 rings (SSSR count). The molecule has 0 aliphatic heterocycles. The molecule has 0 aromatic carbocycles. The molecule has 1 N–H and O–H groups in total. The molecule has 0 bridgehead atoms. The number of aromatic nitrogens is 2. The lowest BCUT2D eigenvalue weighted by atomic mass is 9.99. The zero-order valence-corrected chi connectivity index (χ0v) is 8.32. The van der Waals surface area contributed by atoms with Crippen molar-refractivity contribution in [1.82, 2.24) is 9.78 Å².